The zero-order valence-electron chi connectivity index (χ0n) is 22.5. The zero-order valence-corrected chi connectivity index (χ0v) is 22.5. The van der Waals surface area contributed by atoms with Crippen molar-refractivity contribution in [3.05, 3.63) is 12.2 Å². The molecule has 10 unspecified atom stereocenters. The molecule has 1 saturated heterocycles. The molecular formula is C30H48O4. The van der Waals surface area contributed by atoms with Crippen LogP contribution < -0.4 is 0 Å². The Balaban J connectivity index is 1.42. The molecular weight excluding hydrogens is 424 g/mol. The van der Waals surface area contributed by atoms with Crippen molar-refractivity contribution in [2.45, 2.75) is 123 Å². The molecule has 5 fully saturated rings. The summed E-state index contributed by atoms with van der Waals surface area (Å²) in [7, 11) is 0. The summed E-state index contributed by atoms with van der Waals surface area (Å²) >= 11 is 0. The largest absolute Gasteiger partial charge is 0.481 e. The molecule has 10 atom stereocenters. The topological polar surface area (TPSA) is 66.8 Å². The Hall–Kier alpha value is -0.870. The fourth-order valence-corrected chi connectivity index (χ4v) is 10.6. The minimum atomic E-state index is -0.784. The van der Waals surface area contributed by atoms with E-state index in [0.717, 1.165) is 37.7 Å². The number of fused-ring (bicyclic) bond motifs is 5. The van der Waals surface area contributed by atoms with E-state index < -0.39 is 11.6 Å². The lowest BCUT2D eigenvalue weighted by Gasteiger charge is -2.68. The molecule has 1 aliphatic heterocycles. The monoisotopic (exact) mass is 472 g/mol. The molecule has 0 bridgehead atoms. The highest BCUT2D eigenvalue weighted by atomic mass is 16.5. The number of hydrogen-bond acceptors (Lipinski definition) is 3. The van der Waals surface area contributed by atoms with Gasteiger partial charge in [0.1, 0.15) is 0 Å². The van der Waals surface area contributed by atoms with E-state index in [1.165, 1.54) is 32.1 Å². The van der Waals surface area contributed by atoms with Gasteiger partial charge in [-0.1, -0.05) is 32.9 Å². The van der Waals surface area contributed by atoms with E-state index in [9.17, 15) is 15.0 Å². The number of carboxylic acid groups (broad SMARTS) is 1. The summed E-state index contributed by atoms with van der Waals surface area (Å²) in [5.74, 6) is 1.17. The van der Waals surface area contributed by atoms with Gasteiger partial charge in [-0.2, -0.15) is 0 Å². The number of hydrogen-bond donors (Lipinski definition) is 2. The summed E-state index contributed by atoms with van der Waals surface area (Å²) in [4.78, 5) is 11.9. The van der Waals surface area contributed by atoms with Gasteiger partial charge in [-0.05, 0) is 125 Å². The predicted molar refractivity (Wildman–Crippen MR) is 134 cm³/mol. The lowest BCUT2D eigenvalue weighted by atomic mass is 9.37. The number of aliphatic carboxylic acids is 1. The van der Waals surface area contributed by atoms with Gasteiger partial charge >= 0.3 is 5.97 Å². The average molecular weight is 473 g/mol. The summed E-state index contributed by atoms with van der Waals surface area (Å²) in [6, 6.07) is 0. The van der Waals surface area contributed by atoms with Crippen molar-refractivity contribution in [2.24, 2.45) is 45.8 Å². The van der Waals surface area contributed by atoms with E-state index in [0.29, 0.717) is 29.1 Å². The van der Waals surface area contributed by atoms with Gasteiger partial charge in [0.15, 0.2) is 0 Å². The maximum absolute atomic E-state index is 11.9. The Morgan fingerprint density at radius 2 is 1.59 bits per heavy atom. The third-order valence-corrected chi connectivity index (χ3v) is 12.7. The first kappa shape index (κ1) is 24.8. The van der Waals surface area contributed by atoms with Crippen molar-refractivity contribution in [2.75, 3.05) is 0 Å². The third-order valence-electron chi connectivity index (χ3n) is 12.7. The number of ether oxygens (including phenoxy) is 1. The molecule has 0 aromatic carbocycles. The fraction of sp³-hybridized carbons (Fsp3) is 0.900. The highest BCUT2D eigenvalue weighted by Gasteiger charge is 2.69. The highest BCUT2D eigenvalue weighted by Crippen LogP contribution is 2.75. The summed E-state index contributed by atoms with van der Waals surface area (Å²) in [6.45, 7) is 18.2. The molecule has 4 heteroatoms. The van der Waals surface area contributed by atoms with Crippen molar-refractivity contribution in [3.63, 3.8) is 0 Å². The second-order valence-corrected chi connectivity index (χ2v) is 14.4. The summed E-state index contributed by atoms with van der Waals surface area (Å²) in [5.41, 5.74) is 0.820. The Kier molecular flexibility index (Phi) is 5.52. The van der Waals surface area contributed by atoms with Gasteiger partial charge in [-0.15, -0.1) is 0 Å². The Morgan fingerprint density at radius 1 is 0.912 bits per heavy atom. The molecule has 2 N–H and O–H groups in total. The molecule has 4 aliphatic carbocycles. The first-order valence-electron chi connectivity index (χ1n) is 14.0. The zero-order chi connectivity index (χ0) is 24.9. The number of aliphatic hydroxyl groups is 1. The molecule has 34 heavy (non-hydrogen) atoms. The molecule has 0 amide bonds. The predicted octanol–water partition coefficient (Wildman–Crippen LogP) is 6.61. The Morgan fingerprint density at radius 3 is 2.21 bits per heavy atom. The standard InChI is InChI=1S/C30H48O4/c1-18-19(25(31)32)10-14-27(4)20(18)11-16-29(6)23(27)9-8-21-22(12-15-28(21,29)5)30(7)17-13-24(34-30)26(2,3)33/h19-24,33H,1,8-17H2,2-7H3,(H,31,32). The van der Waals surface area contributed by atoms with Crippen LogP contribution in [0, 0.1) is 45.8 Å². The average Bonchev–Trinajstić information content (AvgIpc) is 3.30. The van der Waals surface area contributed by atoms with E-state index >= 15 is 0 Å². The maximum atomic E-state index is 11.9. The van der Waals surface area contributed by atoms with E-state index in [4.69, 9.17) is 4.74 Å². The van der Waals surface area contributed by atoms with E-state index in [1.807, 2.05) is 13.8 Å². The number of rotatable bonds is 3. The van der Waals surface area contributed by atoms with Crippen LogP contribution in [-0.4, -0.2) is 33.5 Å². The number of carbonyl (C=O) groups is 1. The molecule has 0 spiro atoms. The SMILES string of the molecule is C=C1C(C(=O)O)CCC2(C)C1CCC1(C)C2CCC2C(C3(C)CCC(C(C)(C)O)O3)CCC21C. The van der Waals surface area contributed by atoms with Crippen LogP contribution in [0.5, 0.6) is 0 Å². The van der Waals surface area contributed by atoms with Crippen LogP contribution in [0.2, 0.25) is 0 Å². The summed E-state index contributed by atoms with van der Waals surface area (Å²) in [6.07, 6.45) is 11.0. The Bertz CT molecular complexity index is 874. The molecule has 0 aromatic rings. The molecule has 5 rings (SSSR count). The first-order valence-corrected chi connectivity index (χ1v) is 14.0. The van der Waals surface area contributed by atoms with Crippen LogP contribution in [0.15, 0.2) is 12.2 Å². The van der Waals surface area contributed by atoms with E-state index in [-0.39, 0.29) is 28.5 Å². The van der Waals surface area contributed by atoms with Crippen molar-refractivity contribution in [1.29, 1.82) is 0 Å². The van der Waals surface area contributed by atoms with Gasteiger partial charge in [-0.25, -0.2) is 0 Å². The van der Waals surface area contributed by atoms with Crippen molar-refractivity contribution in [3.8, 4) is 0 Å². The minimum Gasteiger partial charge on any atom is -0.481 e. The van der Waals surface area contributed by atoms with Gasteiger partial charge in [0.25, 0.3) is 0 Å². The first-order chi connectivity index (χ1) is 15.7. The molecule has 0 radical (unpaired) electrons. The molecule has 192 valence electrons. The summed E-state index contributed by atoms with van der Waals surface area (Å²) in [5, 5.41) is 20.4. The molecule has 4 saturated carbocycles. The van der Waals surface area contributed by atoms with Crippen molar-refractivity contribution >= 4 is 5.97 Å². The van der Waals surface area contributed by atoms with Crippen LogP contribution in [0.1, 0.15) is 106 Å². The highest BCUT2D eigenvalue weighted by molar-refractivity contribution is 5.74. The lowest BCUT2D eigenvalue weighted by Crippen LogP contribution is -2.61. The minimum absolute atomic E-state index is 0.0685. The van der Waals surface area contributed by atoms with Crippen molar-refractivity contribution in [1.82, 2.24) is 0 Å². The fourth-order valence-electron chi connectivity index (χ4n) is 10.6. The third kappa shape index (κ3) is 3.19. The van der Waals surface area contributed by atoms with Gasteiger partial charge in [0.05, 0.1) is 23.2 Å². The van der Waals surface area contributed by atoms with Crippen LogP contribution >= 0.6 is 0 Å². The smallest absolute Gasteiger partial charge is 0.310 e. The molecule has 5 aliphatic rings. The molecule has 0 aromatic heterocycles. The van der Waals surface area contributed by atoms with E-state index in [1.54, 1.807) is 0 Å². The normalized spacial score (nSPS) is 53.2. The van der Waals surface area contributed by atoms with Crippen LogP contribution in [0.25, 0.3) is 0 Å². The lowest BCUT2D eigenvalue weighted by molar-refractivity contribution is -0.192. The second-order valence-electron chi connectivity index (χ2n) is 14.4. The van der Waals surface area contributed by atoms with Gasteiger partial charge < -0.3 is 14.9 Å². The van der Waals surface area contributed by atoms with Crippen molar-refractivity contribution < 1.29 is 19.7 Å². The van der Waals surface area contributed by atoms with Gasteiger partial charge in [0, 0.05) is 0 Å². The molecule has 1 heterocycles. The second kappa shape index (κ2) is 7.57. The quantitative estimate of drug-likeness (QED) is 0.454. The Labute approximate surface area is 206 Å². The number of carboxylic acids is 1. The molecule has 4 nitrogen and oxygen atoms in total. The van der Waals surface area contributed by atoms with E-state index in [2.05, 4.69) is 34.3 Å². The van der Waals surface area contributed by atoms with Gasteiger partial charge in [-0.3, -0.25) is 4.79 Å². The van der Waals surface area contributed by atoms with Crippen LogP contribution in [0.3, 0.4) is 0 Å². The van der Waals surface area contributed by atoms with Crippen LogP contribution in [-0.2, 0) is 9.53 Å². The van der Waals surface area contributed by atoms with Gasteiger partial charge in [0.2, 0.25) is 0 Å². The maximum Gasteiger partial charge on any atom is 0.310 e. The van der Waals surface area contributed by atoms with Crippen LogP contribution in [0.4, 0.5) is 0 Å². The summed E-state index contributed by atoms with van der Waals surface area (Å²) < 4.78 is 6.70.